The molecule has 0 aromatic heterocycles. The van der Waals surface area contributed by atoms with Crippen molar-refractivity contribution < 1.29 is 36.4 Å². The van der Waals surface area contributed by atoms with Gasteiger partial charge in [-0.2, -0.15) is 0 Å². The zero-order valence-electron chi connectivity index (χ0n) is 6.21. The molecule has 0 aliphatic carbocycles. The quantitative estimate of drug-likeness (QED) is 0.323. The summed E-state index contributed by atoms with van der Waals surface area (Å²) in [4.78, 5) is 25.1. The Kier molecular flexibility index (Phi) is 47.3. The first kappa shape index (κ1) is 29.4. The van der Waals surface area contributed by atoms with Crippen molar-refractivity contribution >= 4 is 25.8 Å². The summed E-state index contributed by atoms with van der Waals surface area (Å²) in [6.45, 7) is 0. The second-order valence-electron chi connectivity index (χ2n) is 0.714. The molecule has 14 heavy (non-hydrogen) atoms. The molecule has 0 saturated heterocycles. The molecule has 0 aromatic carbocycles. The molecule has 0 amide bonds. The molecular formula is H5InN3O10+3. The summed E-state index contributed by atoms with van der Waals surface area (Å²) < 4.78 is 0. The first-order chi connectivity index (χ1) is 5.20. The standard InChI is InChI=1S/In.3HNO3.H2O/c;3*2-1(3)4;/h;3*(H,2,3,4);1H2/q+3;;;;. The molecule has 0 radical (unpaired) electrons. The van der Waals surface area contributed by atoms with Crippen molar-refractivity contribution in [3.8, 4) is 0 Å². The van der Waals surface area contributed by atoms with E-state index in [4.69, 9.17) is 46.0 Å². The Morgan fingerprint density at radius 1 is 0.714 bits per heavy atom. The van der Waals surface area contributed by atoms with Crippen LogP contribution in [-0.4, -0.2) is 62.2 Å². The van der Waals surface area contributed by atoms with Crippen LogP contribution >= 0.6 is 0 Å². The van der Waals surface area contributed by atoms with Gasteiger partial charge in [-0.05, 0) is 0 Å². The Bertz CT molecular complexity index is 113. The summed E-state index contributed by atoms with van der Waals surface area (Å²) in [6.07, 6.45) is 0. The monoisotopic (exact) mass is 322 g/mol. The van der Waals surface area contributed by atoms with E-state index in [0.29, 0.717) is 0 Å². The van der Waals surface area contributed by atoms with Crippen LogP contribution in [0.2, 0.25) is 0 Å². The zero-order valence-corrected chi connectivity index (χ0v) is 9.51. The second kappa shape index (κ2) is 22.5. The smallest absolute Gasteiger partial charge is 0.412 e. The number of hydrogen-bond donors (Lipinski definition) is 3. The first-order valence-electron chi connectivity index (χ1n) is 1.70. The van der Waals surface area contributed by atoms with Gasteiger partial charge in [0.15, 0.2) is 0 Å². The first-order valence-corrected chi connectivity index (χ1v) is 1.70. The van der Waals surface area contributed by atoms with E-state index in [9.17, 15) is 0 Å². The van der Waals surface area contributed by atoms with Crippen molar-refractivity contribution in [2.45, 2.75) is 0 Å². The molecule has 0 aliphatic rings. The van der Waals surface area contributed by atoms with Crippen molar-refractivity contribution in [3.63, 3.8) is 0 Å². The van der Waals surface area contributed by atoms with Crippen LogP contribution in [0, 0.1) is 30.3 Å². The van der Waals surface area contributed by atoms with Crippen LogP contribution in [-0.2, 0) is 0 Å². The summed E-state index contributed by atoms with van der Waals surface area (Å²) in [5.41, 5.74) is 0. The second-order valence-corrected chi connectivity index (χ2v) is 0.714. The molecule has 0 atom stereocenters. The van der Waals surface area contributed by atoms with Gasteiger partial charge in [0.25, 0.3) is 15.3 Å². The van der Waals surface area contributed by atoms with Crippen molar-refractivity contribution in [2.24, 2.45) is 0 Å². The minimum absolute atomic E-state index is 0. The van der Waals surface area contributed by atoms with E-state index in [0.717, 1.165) is 0 Å². The Labute approximate surface area is 93.0 Å². The zero-order chi connectivity index (χ0) is 10.7. The molecule has 0 aromatic rings. The fourth-order valence-corrected chi connectivity index (χ4v) is 0. The van der Waals surface area contributed by atoms with E-state index in [1.807, 2.05) is 0 Å². The summed E-state index contributed by atoms with van der Waals surface area (Å²) in [5.74, 6) is 0. The van der Waals surface area contributed by atoms with E-state index in [1.54, 1.807) is 0 Å². The maximum Gasteiger partial charge on any atom is 3.00 e. The summed E-state index contributed by atoms with van der Waals surface area (Å²) in [7, 11) is 0. The molecule has 80 valence electrons. The molecule has 0 aliphatic heterocycles. The molecule has 13 nitrogen and oxygen atoms in total. The van der Waals surface area contributed by atoms with Gasteiger partial charge < -0.3 is 21.1 Å². The van der Waals surface area contributed by atoms with Gasteiger partial charge in [0.05, 0.1) is 0 Å². The Morgan fingerprint density at radius 2 is 0.714 bits per heavy atom. The van der Waals surface area contributed by atoms with E-state index in [2.05, 4.69) is 0 Å². The van der Waals surface area contributed by atoms with Crippen molar-refractivity contribution in [2.75, 3.05) is 0 Å². The van der Waals surface area contributed by atoms with E-state index < -0.39 is 15.3 Å². The van der Waals surface area contributed by atoms with Crippen molar-refractivity contribution in [1.29, 1.82) is 0 Å². The fourth-order valence-electron chi connectivity index (χ4n) is 0. The largest absolute Gasteiger partial charge is 3.00 e. The van der Waals surface area contributed by atoms with Gasteiger partial charge in [-0.1, -0.05) is 0 Å². The number of nitrogens with zero attached hydrogens (tertiary/aromatic N) is 3. The van der Waals surface area contributed by atoms with Gasteiger partial charge in [0.2, 0.25) is 0 Å². The van der Waals surface area contributed by atoms with Crippen molar-refractivity contribution in [3.05, 3.63) is 30.3 Å². The summed E-state index contributed by atoms with van der Waals surface area (Å²) >= 11 is 0. The minimum atomic E-state index is -1.50. The van der Waals surface area contributed by atoms with Crippen LogP contribution < -0.4 is 0 Å². The van der Waals surface area contributed by atoms with Crippen LogP contribution in [0.1, 0.15) is 0 Å². The number of rotatable bonds is 0. The maximum atomic E-state index is 8.36. The van der Waals surface area contributed by atoms with Crippen LogP contribution in [0.5, 0.6) is 0 Å². The summed E-state index contributed by atoms with van der Waals surface area (Å²) in [6, 6.07) is 0. The molecule has 14 heteroatoms. The fraction of sp³-hybridized carbons (Fsp3) is 0. The third-order valence-electron chi connectivity index (χ3n) is 0. The van der Waals surface area contributed by atoms with Gasteiger partial charge in [0.1, 0.15) is 0 Å². The molecule has 0 fully saturated rings. The van der Waals surface area contributed by atoms with E-state index in [-0.39, 0.29) is 31.3 Å². The Morgan fingerprint density at radius 3 is 0.714 bits per heavy atom. The molecule has 0 bridgehead atoms. The van der Waals surface area contributed by atoms with Crippen LogP contribution in [0.3, 0.4) is 0 Å². The predicted octanol–water partition coefficient (Wildman–Crippen LogP) is -2.25. The Hall–Kier alpha value is -1.57. The third-order valence-corrected chi connectivity index (χ3v) is 0. The molecular weight excluding hydrogens is 317 g/mol. The minimum Gasteiger partial charge on any atom is -0.412 e. The SMILES string of the molecule is O.O=[N+]([O-])O.O=[N+]([O-])O.O=[N+]([O-])O.[In+3]. The molecule has 0 unspecified atom stereocenters. The van der Waals surface area contributed by atoms with E-state index in [1.165, 1.54) is 0 Å². The van der Waals surface area contributed by atoms with Crippen LogP contribution in [0.25, 0.3) is 0 Å². The molecule has 0 spiro atoms. The predicted molar refractivity (Wildman–Crippen MR) is 35.7 cm³/mol. The normalized spacial score (nSPS) is 5.14. The van der Waals surface area contributed by atoms with Gasteiger partial charge in [-0.15, -0.1) is 30.3 Å². The van der Waals surface area contributed by atoms with Crippen LogP contribution in [0.4, 0.5) is 0 Å². The molecule has 0 rings (SSSR count). The average Bonchev–Trinajstić information content (AvgIpc) is 1.54. The van der Waals surface area contributed by atoms with Gasteiger partial charge >= 0.3 is 25.8 Å². The van der Waals surface area contributed by atoms with Crippen molar-refractivity contribution in [1.82, 2.24) is 0 Å². The van der Waals surface area contributed by atoms with Gasteiger partial charge in [0, 0.05) is 0 Å². The summed E-state index contributed by atoms with van der Waals surface area (Å²) in [5, 5.41) is 40.9. The molecule has 5 N–H and O–H groups in total. The van der Waals surface area contributed by atoms with Gasteiger partial charge in [-0.25, -0.2) is 0 Å². The molecule has 0 heterocycles. The van der Waals surface area contributed by atoms with Crippen LogP contribution in [0.15, 0.2) is 0 Å². The topological polar surface area (TPSA) is 222 Å². The average molecular weight is 322 g/mol. The maximum absolute atomic E-state index is 8.36. The number of hydrogen-bond acceptors (Lipinski definition) is 6. The third kappa shape index (κ3) is 376. The molecule has 0 saturated carbocycles. The Balaban J connectivity index is -0.0000000270. The van der Waals surface area contributed by atoms with Gasteiger partial charge in [-0.3, -0.25) is 0 Å². The van der Waals surface area contributed by atoms with E-state index >= 15 is 0 Å².